The second-order valence-electron chi connectivity index (χ2n) is 8.03. The molecule has 4 heteroatoms. The van der Waals surface area contributed by atoms with Crippen molar-refractivity contribution in [3.63, 3.8) is 0 Å². The molecule has 0 aliphatic carbocycles. The van der Waals surface area contributed by atoms with E-state index in [2.05, 4.69) is 13.8 Å². The van der Waals surface area contributed by atoms with Gasteiger partial charge in [0.15, 0.2) is 0 Å². The van der Waals surface area contributed by atoms with Crippen molar-refractivity contribution in [2.45, 2.75) is 143 Å². The molecule has 0 heterocycles. The van der Waals surface area contributed by atoms with Crippen LogP contribution in [0.5, 0.6) is 0 Å². The summed E-state index contributed by atoms with van der Waals surface area (Å²) in [7, 11) is 0. The number of esters is 1. The van der Waals surface area contributed by atoms with Crippen molar-refractivity contribution in [2.75, 3.05) is 0 Å². The Morgan fingerprint density at radius 3 is 1.39 bits per heavy atom. The molecule has 0 rings (SSSR count). The summed E-state index contributed by atoms with van der Waals surface area (Å²) in [5.41, 5.74) is 0. The topological polar surface area (TPSA) is 63.6 Å². The highest BCUT2D eigenvalue weighted by molar-refractivity contribution is 5.69. The Balaban J connectivity index is 0. The second kappa shape index (κ2) is 24.0. The molecular formula is C24H48O4. The lowest BCUT2D eigenvalue weighted by atomic mass is 10.1. The number of ether oxygens (including phenoxy) is 1. The largest absolute Gasteiger partial charge is 0.481 e. The predicted molar refractivity (Wildman–Crippen MR) is 119 cm³/mol. The molecule has 168 valence electrons. The molecule has 0 amide bonds. The third-order valence-electron chi connectivity index (χ3n) is 4.60. The summed E-state index contributed by atoms with van der Waals surface area (Å²) in [5, 5.41) is 8.21. The molecule has 4 nitrogen and oxygen atoms in total. The first kappa shape index (κ1) is 29.1. The van der Waals surface area contributed by atoms with E-state index in [1.165, 1.54) is 70.6 Å². The fourth-order valence-corrected chi connectivity index (χ4v) is 2.96. The van der Waals surface area contributed by atoms with Crippen molar-refractivity contribution in [3.8, 4) is 0 Å². The van der Waals surface area contributed by atoms with Crippen LogP contribution in [0.1, 0.15) is 137 Å². The summed E-state index contributed by atoms with van der Waals surface area (Å²) in [6.45, 7) is 8.18. The Hall–Kier alpha value is -1.06. The number of aliphatic carboxylic acids is 1. The Labute approximate surface area is 174 Å². The fraction of sp³-hybridized carbons (Fsp3) is 0.917. The molecule has 0 spiro atoms. The Kier molecular flexibility index (Phi) is 25.0. The maximum absolute atomic E-state index is 11.3. The van der Waals surface area contributed by atoms with Crippen LogP contribution in [-0.4, -0.2) is 23.1 Å². The van der Waals surface area contributed by atoms with E-state index in [4.69, 9.17) is 9.84 Å². The normalized spacial score (nSPS) is 10.5. The maximum Gasteiger partial charge on any atom is 0.306 e. The van der Waals surface area contributed by atoms with Crippen LogP contribution in [0.15, 0.2) is 0 Å². The Morgan fingerprint density at radius 1 is 0.643 bits per heavy atom. The lowest BCUT2D eigenvalue weighted by molar-refractivity contribution is -0.147. The zero-order chi connectivity index (χ0) is 21.5. The average Bonchev–Trinajstić information content (AvgIpc) is 2.63. The lowest BCUT2D eigenvalue weighted by Crippen LogP contribution is -2.10. The van der Waals surface area contributed by atoms with Crippen LogP contribution in [0, 0.1) is 0 Å². The molecule has 0 radical (unpaired) electrons. The highest BCUT2D eigenvalue weighted by Crippen LogP contribution is 2.12. The maximum atomic E-state index is 11.3. The molecule has 0 bridgehead atoms. The van der Waals surface area contributed by atoms with Gasteiger partial charge < -0.3 is 9.84 Å². The van der Waals surface area contributed by atoms with Gasteiger partial charge in [0.25, 0.3) is 0 Å². The number of carbonyl (C=O) groups excluding carboxylic acids is 1. The zero-order valence-corrected chi connectivity index (χ0v) is 19.3. The van der Waals surface area contributed by atoms with E-state index < -0.39 is 5.97 Å². The molecule has 0 fully saturated rings. The van der Waals surface area contributed by atoms with Crippen LogP contribution in [0.2, 0.25) is 0 Å². The molecule has 0 aromatic carbocycles. The lowest BCUT2D eigenvalue weighted by Gasteiger charge is -2.07. The average molecular weight is 401 g/mol. The van der Waals surface area contributed by atoms with Crippen LogP contribution in [0.3, 0.4) is 0 Å². The zero-order valence-electron chi connectivity index (χ0n) is 19.3. The first-order valence-electron chi connectivity index (χ1n) is 11.8. The van der Waals surface area contributed by atoms with Crippen molar-refractivity contribution in [2.24, 2.45) is 0 Å². The van der Waals surface area contributed by atoms with E-state index >= 15 is 0 Å². The minimum atomic E-state index is -0.675. The van der Waals surface area contributed by atoms with E-state index in [9.17, 15) is 9.59 Å². The number of carbonyl (C=O) groups is 2. The molecule has 0 aromatic rings. The fourth-order valence-electron chi connectivity index (χ4n) is 2.96. The van der Waals surface area contributed by atoms with E-state index in [0.717, 1.165) is 25.7 Å². The van der Waals surface area contributed by atoms with Crippen LogP contribution in [-0.2, 0) is 14.3 Å². The number of carboxylic acid groups (broad SMARTS) is 1. The van der Waals surface area contributed by atoms with Gasteiger partial charge in [-0.05, 0) is 26.7 Å². The second-order valence-corrected chi connectivity index (χ2v) is 8.03. The Morgan fingerprint density at radius 2 is 1.00 bits per heavy atom. The van der Waals surface area contributed by atoms with Crippen LogP contribution >= 0.6 is 0 Å². The highest BCUT2D eigenvalue weighted by atomic mass is 16.5. The van der Waals surface area contributed by atoms with Gasteiger partial charge in [-0.15, -0.1) is 0 Å². The van der Waals surface area contributed by atoms with Gasteiger partial charge in [0.2, 0.25) is 0 Å². The number of rotatable bonds is 18. The molecule has 0 aromatic heterocycles. The molecule has 0 aliphatic rings. The molecule has 0 unspecified atom stereocenters. The van der Waals surface area contributed by atoms with Gasteiger partial charge in [0.1, 0.15) is 0 Å². The monoisotopic (exact) mass is 400 g/mol. The van der Waals surface area contributed by atoms with Crippen molar-refractivity contribution in [3.05, 3.63) is 0 Å². The molecule has 0 atom stereocenters. The summed E-state index contributed by atoms with van der Waals surface area (Å²) in [4.78, 5) is 21.3. The van der Waals surface area contributed by atoms with Crippen LogP contribution in [0.25, 0.3) is 0 Å². The molecule has 28 heavy (non-hydrogen) atoms. The molecule has 0 saturated carbocycles. The number of hydrogen-bond donors (Lipinski definition) is 1. The predicted octanol–water partition coefficient (Wildman–Crippen LogP) is 7.68. The summed E-state index contributed by atoms with van der Waals surface area (Å²) < 4.78 is 5.10. The van der Waals surface area contributed by atoms with Crippen molar-refractivity contribution >= 4 is 11.9 Å². The number of hydrogen-bond acceptors (Lipinski definition) is 3. The van der Waals surface area contributed by atoms with Gasteiger partial charge in [-0.3, -0.25) is 9.59 Å². The van der Waals surface area contributed by atoms with Gasteiger partial charge >= 0.3 is 11.9 Å². The van der Waals surface area contributed by atoms with Gasteiger partial charge in [-0.1, -0.05) is 97.3 Å². The van der Waals surface area contributed by atoms with E-state index in [1.807, 2.05) is 13.8 Å². The standard InChI is InChI=1S/C17H34O2.C7H14O2/c1-4-5-6-7-8-9-10-11-12-13-14-15-17(18)19-16(2)3;1-2-3-4-5-6-7(8)9/h16H,4-15H2,1-3H3;2-6H2,1H3,(H,8,9). The summed E-state index contributed by atoms with van der Waals surface area (Å²) in [6.07, 6.45) is 19.6. The third kappa shape index (κ3) is 29.7. The van der Waals surface area contributed by atoms with Crippen molar-refractivity contribution in [1.29, 1.82) is 0 Å². The quantitative estimate of drug-likeness (QED) is 0.189. The summed E-state index contributed by atoms with van der Waals surface area (Å²) in [5.74, 6) is -0.711. The molecule has 0 saturated heterocycles. The minimum Gasteiger partial charge on any atom is -0.481 e. The van der Waals surface area contributed by atoms with Crippen LogP contribution < -0.4 is 0 Å². The first-order valence-corrected chi connectivity index (χ1v) is 11.8. The molecule has 0 aliphatic heterocycles. The first-order chi connectivity index (χ1) is 13.4. The van der Waals surface area contributed by atoms with Gasteiger partial charge in [-0.25, -0.2) is 0 Å². The van der Waals surface area contributed by atoms with Gasteiger partial charge in [0, 0.05) is 12.8 Å². The van der Waals surface area contributed by atoms with Crippen molar-refractivity contribution < 1.29 is 19.4 Å². The van der Waals surface area contributed by atoms with Crippen molar-refractivity contribution in [1.82, 2.24) is 0 Å². The van der Waals surface area contributed by atoms with Gasteiger partial charge in [0.05, 0.1) is 6.10 Å². The summed E-state index contributed by atoms with van der Waals surface area (Å²) >= 11 is 0. The van der Waals surface area contributed by atoms with Crippen LogP contribution in [0.4, 0.5) is 0 Å². The highest BCUT2D eigenvalue weighted by Gasteiger charge is 2.04. The third-order valence-corrected chi connectivity index (χ3v) is 4.60. The SMILES string of the molecule is CCCCCCC(=O)O.CCCCCCCCCCCCCC(=O)OC(C)C. The van der Waals surface area contributed by atoms with E-state index in [-0.39, 0.29) is 12.1 Å². The van der Waals surface area contributed by atoms with Gasteiger partial charge in [-0.2, -0.15) is 0 Å². The van der Waals surface area contributed by atoms with E-state index in [0.29, 0.717) is 12.8 Å². The number of unbranched alkanes of at least 4 members (excludes halogenated alkanes) is 13. The molecular weight excluding hydrogens is 352 g/mol. The number of carboxylic acids is 1. The minimum absolute atomic E-state index is 0.0280. The molecule has 1 N–H and O–H groups in total. The summed E-state index contributed by atoms with van der Waals surface area (Å²) in [6, 6.07) is 0. The van der Waals surface area contributed by atoms with E-state index in [1.54, 1.807) is 0 Å². The smallest absolute Gasteiger partial charge is 0.306 e. The Bertz CT molecular complexity index is 339.